The van der Waals surface area contributed by atoms with Gasteiger partial charge in [0.2, 0.25) is 6.08 Å². The Morgan fingerprint density at radius 1 is 1.22 bits per heavy atom. The van der Waals surface area contributed by atoms with Crippen LogP contribution in [-0.2, 0) is 16.5 Å². The summed E-state index contributed by atoms with van der Waals surface area (Å²) >= 11 is 0. The van der Waals surface area contributed by atoms with Crippen LogP contribution in [0.5, 0.6) is 0 Å². The molecule has 0 aromatic heterocycles. The van der Waals surface area contributed by atoms with Crippen molar-refractivity contribution >= 4 is 6.08 Å². The van der Waals surface area contributed by atoms with Crippen LogP contribution in [-0.4, -0.2) is 6.08 Å². The second kappa shape index (κ2) is 4.21. The molecule has 0 radical (unpaired) electrons. The molecule has 6 heteroatoms. The van der Waals surface area contributed by atoms with Gasteiger partial charge in [-0.05, 0) is 43.0 Å². The lowest BCUT2D eigenvalue weighted by atomic mass is 9.72. The van der Waals surface area contributed by atoms with Gasteiger partial charge >= 0.3 is 6.18 Å². The number of benzene rings is 1. The third-order valence-corrected chi connectivity index (χ3v) is 3.20. The fraction of sp³-hybridized carbons (Fsp3) is 0.417. The summed E-state index contributed by atoms with van der Waals surface area (Å²) in [4.78, 5) is 13.9. The van der Waals surface area contributed by atoms with Gasteiger partial charge in [-0.2, -0.15) is 18.2 Å². The van der Waals surface area contributed by atoms with Crippen LogP contribution in [0.4, 0.5) is 17.6 Å². The molecular weight excluding hydrogens is 250 g/mol. The van der Waals surface area contributed by atoms with Gasteiger partial charge in [-0.1, -0.05) is 0 Å². The Bertz CT molecular complexity index is 513. The normalized spacial score (nSPS) is 17.8. The van der Waals surface area contributed by atoms with E-state index in [4.69, 9.17) is 0 Å². The molecule has 1 saturated carbocycles. The first-order chi connectivity index (χ1) is 8.37. The van der Waals surface area contributed by atoms with E-state index in [1.165, 1.54) is 6.08 Å². The van der Waals surface area contributed by atoms with Gasteiger partial charge in [0.25, 0.3) is 0 Å². The van der Waals surface area contributed by atoms with Crippen LogP contribution in [0.15, 0.2) is 23.2 Å². The summed E-state index contributed by atoms with van der Waals surface area (Å²) in [6.07, 6.45) is -1.65. The second-order valence-corrected chi connectivity index (χ2v) is 4.31. The maximum atomic E-state index is 13.2. The molecule has 2 nitrogen and oxygen atoms in total. The number of aliphatic imine (C=N–C) groups is 1. The van der Waals surface area contributed by atoms with Crippen LogP contribution < -0.4 is 0 Å². The Balaban J connectivity index is 2.51. The zero-order valence-corrected chi connectivity index (χ0v) is 9.22. The third kappa shape index (κ3) is 2.16. The van der Waals surface area contributed by atoms with Gasteiger partial charge in [-0.25, -0.2) is 9.18 Å². The van der Waals surface area contributed by atoms with E-state index < -0.39 is 23.1 Å². The Hall–Kier alpha value is -1.68. The topological polar surface area (TPSA) is 29.4 Å². The van der Waals surface area contributed by atoms with Crippen molar-refractivity contribution in [2.75, 3.05) is 0 Å². The third-order valence-electron chi connectivity index (χ3n) is 3.20. The van der Waals surface area contributed by atoms with E-state index >= 15 is 0 Å². The Morgan fingerprint density at radius 2 is 1.89 bits per heavy atom. The highest BCUT2D eigenvalue weighted by molar-refractivity contribution is 5.41. The Kier molecular flexibility index (Phi) is 2.99. The highest BCUT2D eigenvalue weighted by atomic mass is 19.4. The number of isocyanates is 1. The smallest absolute Gasteiger partial charge is 0.211 e. The van der Waals surface area contributed by atoms with Crippen molar-refractivity contribution in [1.82, 2.24) is 0 Å². The molecule has 0 bridgehead atoms. The molecule has 0 atom stereocenters. The van der Waals surface area contributed by atoms with E-state index in [2.05, 4.69) is 4.99 Å². The molecule has 2 rings (SSSR count). The Morgan fingerprint density at radius 3 is 2.33 bits per heavy atom. The minimum Gasteiger partial charge on any atom is -0.211 e. The van der Waals surface area contributed by atoms with Crippen molar-refractivity contribution in [1.29, 1.82) is 0 Å². The Labute approximate surface area is 100 Å². The quantitative estimate of drug-likeness (QED) is 0.453. The average molecular weight is 259 g/mol. The van der Waals surface area contributed by atoms with Crippen molar-refractivity contribution < 1.29 is 22.4 Å². The molecule has 0 amide bonds. The summed E-state index contributed by atoms with van der Waals surface area (Å²) in [6, 6.07) is 2.28. The number of halogens is 4. The molecule has 1 aromatic carbocycles. The van der Waals surface area contributed by atoms with Gasteiger partial charge in [-0.15, -0.1) is 0 Å². The molecule has 0 saturated heterocycles. The second-order valence-electron chi connectivity index (χ2n) is 4.31. The van der Waals surface area contributed by atoms with Crippen molar-refractivity contribution in [2.45, 2.75) is 31.0 Å². The summed E-state index contributed by atoms with van der Waals surface area (Å²) in [5, 5.41) is 0. The van der Waals surface area contributed by atoms with Crippen molar-refractivity contribution in [3.63, 3.8) is 0 Å². The lowest BCUT2D eigenvalue weighted by Gasteiger charge is -2.37. The van der Waals surface area contributed by atoms with Crippen LogP contribution in [0.25, 0.3) is 0 Å². The van der Waals surface area contributed by atoms with Crippen LogP contribution >= 0.6 is 0 Å². The molecule has 18 heavy (non-hydrogen) atoms. The first-order valence-electron chi connectivity index (χ1n) is 5.35. The van der Waals surface area contributed by atoms with Gasteiger partial charge in [-0.3, -0.25) is 0 Å². The van der Waals surface area contributed by atoms with Crippen LogP contribution in [0, 0.1) is 5.82 Å². The maximum Gasteiger partial charge on any atom is 0.416 e. The molecule has 0 heterocycles. The monoisotopic (exact) mass is 259 g/mol. The zero-order chi connectivity index (χ0) is 13.4. The number of rotatable bonds is 2. The molecule has 96 valence electrons. The predicted molar refractivity (Wildman–Crippen MR) is 55.1 cm³/mol. The van der Waals surface area contributed by atoms with Crippen molar-refractivity contribution in [2.24, 2.45) is 4.99 Å². The number of hydrogen-bond donors (Lipinski definition) is 0. The lowest BCUT2D eigenvalue weighted by molar-refractivity contribution is -0.137. The molecule has 0 aliphatic heterocycles. The van der Waals surface area contributed by atoms with E-state index in [9.17, 15) is 22.4 Å². The predicted octanol–water partition coefficient (Wildman–Crippen LogP) is 3.56. The number of nitrogens with zero attached hydrogens (tertiary/aromatic N) is 1. The molecule has 1 aromatic rings. The van der Waals surface area contributed by atoms with Gasteiger partial charge < -0.3 is 0 Å². The maximum absolute atomic E-state index is 13.2. The minimum absolute atomic E-state index is 0.0874. The average Bonchev–Trinajstić information content (AvgIpc) is 2.21. The highest BCUT2D eigenvalue weighted by Crippen LogP contribution is 2.46. The van der Waals surface area contributed by atoms with Gasteiger partial charge in [0.1, 0.15) is 5.82 Å². The van der Waals surface area contributed by atoms with Crippen LogP contribution in [0.3, 0.4) is 0 Å². The fourth-order valence-electron chi connectivity index (χ4n) is 2.09. The van der Waals surface area contributed by atoms with Gasteiger partial charge in [0.15, 0.2) is 0 Å². The number of hydrogen-bond acceptors (Lipinski definition) is 2. The first-order valence-corrected chi connectivity index (χ1v) is 5.35. The van der Waals surface area contributed by atoms with Crippen molar-refractivity contribution in [3.05, 3.63) is 35.1 Å². The van der Waals surface area contributed by atoms with Gasteiger partial charge in [0, 0.05) is 0 Å². The fourth-order valence-corrected chi connectivity index (χ4v) is 2.09. The minimum atomic E-state index is -4.62. The van der Waals surface area contributed by atoms with E-state index in [0.29, 0.717) is 18.9 Å². The molecule has 0 unspecified atom stereocenters. The van der Waals surface area contributed by atoms with E-state index in [1.54, 1.807) is 0 Å². The zero-order valence-electron chi connectivity index (χ0n) is 9.22. The molecule has 1 fully saturated rings. The summed E-state index contributed by atoms with van der Waals surface area (Å²) in [7, 11) is 0. The summed E-state index contributed by atoms with van der Waals surface area (Å²) in [5.41, 5.74) is -2.00. The molecule has 0 spiro atoms. The van der Waals surface area contributed by atoms with E-state index in [0.717, 1.165) is 18.6 Å². The van der Waals surface area contributed by atoms with Crippen LogP contribution in [0.1, 0.15) is 30.4 Å². The summed E-state index contributed by atoms with van der Waals surface area (Å²) in [5.74, 6) is -0.979. The molecule has 0 N–H and O–H groups in total. The highest BCUT2D eigenvalue weighted by Gasteiger charge is 2.41. The van der Waals surface area contributed by atoms with Crippen LogP contribution in [0.2, 0.25) is 0 Å². The molecule has 1 aliphatic carbocycles. The lowest BCUT2D eigenvalue weighted by Crippen LogP contribution is -2.32. The standard InChI is InChI=1S/C12H9F4NO/c13-10-5-8(4-9(6-10)12(14,15)16)11(17-7-18)2-1-3-11/h4-6H,1-3H2. The van der Waals surface area contributed by atoms with Crippen molar-refractivity contribution in [3.8, 4) is 0 Å². The largest absolute Gasteiger partial charge is 0.416 e. The molecular formula is C12H9F4NO. The summed E-state index contributed by atoms with van der Waals surface area (Å²) in [6.45, 7) is 0. The summed E-state index contributed by atoms with van der Waals surface area (Å²) < 4.78 is 51.0. The SMILES string of the molecule is O=C=NC1(c2cc(F)cc(C(F)(F)F)c2)CCC1. The number of alkyl halides is 3. The number of carbonyl (C=O) groups excluding carboxylic acids is 1. The van der Waals surface area contributed by atoms with E-state index in [-0.39, 0.29) is 5.56 Å². The van der Waals surface area contributed by atoms with Gasteiger partial charge in [0.05, 0.1) is 11.1 Å². The first kappa shape index (κ1) is 12.8. The van der Waals surface area contributed by atoms with E-state index in [1.807, 2.05) is 0 Å². The molecule has 1 aliphatic rings.